The number of allylic oxidation sites excluding steroid dienone is 1. The molecule has 4 unspecified atom stereocenters. The van der Waals surface area contributed by atoms with E-state index >= 15 is 0 Å². The van der Waals surface area contributed by atoms with Crippen molar-refractivity contribution in [3.63, 3.8) is 0 Å². The van der Waals surface area contributed by atoms with Crippen LogP contribution in [-0.4, -0.2) is 12.6 Å². The normalized spacial score (nSPS) is 34.1. The topological polar surface area (TPSA) is 12.0 Å². The summed E-state index contributed by atoms with van der Waals surface area (Å²) in [5.74, 6) is 3.17. The zero-order chi connectivity index (χ0) is 11.5. The lowest BCUT2D eigenvalue weighted by Crippen LogP contribution is -2.30. The predicted octanol–water partition coefficient (Wildman–Crippen LogP) is 3.76. The molecule has 2 aliphatic carbocycles. The fourth-order valence-electron chi connectivity index (χ4n) is 3.87. The number of nitrogens with one attached hydrogen (secondary N) is 1. The Bertz CT molecular complexity index is 252. The molecule has 2 rings (SSSR count). The van der Waals surface area contributed by atoms with Crippen LogP contribution in [0.4, 0.5) is 0 Å². The Labute approximate surface area is 101 Å². The first-order valence-electron chi connectivity index (χ1n) is 7.07. The second kappa shape index (κ2) is 5.35. The minimum atomic E-state index is 0.624. The van der Waals surface area contributed by atoms with Crippen LogP contribution >= 0.6 is 0 Å². The minimum Gasteiger partial charge on any atom is -0.311 e. The second-order valence-corrected chi connectivity index (χ2v) is 6.08. The average molecular weight is 221 g/mol. The van der Waals surface area contributed by atoms with Gasteiger partial charge in [-0.3, -0.25) is 0 Å². The van der Waals surface area contributed by atoms with Gasteiger partial charge in [0.1, 0.15) is 0 Å². The number of rotatable bonds is 5. The van der Waals surface area contributed by atoms with Crippen molar-refractivity contribution in [2.24, 2.45) is 17.8 Å². The van der Waals surface area contributed by atoms with Crippen molar-refractivity contribution in [1.82, 2.24) is 5.32 Å². The quantitative estimate of drug-likeness (QED) is 0.697. The van der Waals surface area contributed by atoms with Gasteiger partial charge in [0.05, 0.1) is 0 Å². The number of hydrogen-bond acceptors (Lipinski definition) is 1. The van der Waals surface area contributed by atoms with Crippen molar-refractivity contribution < 1.29 is 0 Å². The molecule has 2 bridgehead atoms. The third-order valence-corrected chi connectivity index (χ3v) is 4.44. The standard InChI is InChI=1S/C15H27N/c1-4-16-15(7-11(2)3)10-14-9-12-5-6-13(14)8-12/h7,12-16H,4-6,8-10H2,1-3H3. The molecule has 4 atom stereocenters. The Morgan fingerprint density at radius 3 is 2.62 bits per heavy atom. The molecule has 1 nitrogen and oxygen atoms in total. The van der Waals surface area contributed by atoms with Crippen LogP contribution in [-0.2, 0) is 0 Å². The number of likely N-dealkylation sites (N-methyl/N-ethyl adjacent to an activating group) is 1. The van der Waals surface area contributed by atoms with Crippen LogP contribution in [0.1, 0.15) is 52.9 Å². The summed E-state index contributed by atoms with van der Waals surface area (Å²) in [4.78, 5) is 0. The van der Waals surface area contributed by atoms with Crippen LogP contribution in [0.2, 0.25) is 0 Å². The molecule has 2 fully saturated rings. The van der Waals surface area contributed by atoms with Crippen molar-refractivity contribution in [3.05, 3.63) is 11.6 Å². The van der Waals surface area contributed by atoms with Gasteiger partial charge in [-0.05, 0) is 63.8 Å². The fourth-order valence-corrected chi connectivity index (χ4v) is 3.87. The summed E-state index contributed by atoms with van der Waals surface area (Å²) in [6, 6.07) is 0.624. The van der Waals surface area contributed by atoms with Gasteiger partial charge in [0.2, 0.25) is 0 Å². The van der Waals surface area contributed by atoms with E-state index < -0.39 is 0 Å². The maximum Gasteiger partial charge on any atom is 0.0255 e. The Morgan fingerprint density at radius 2 is 2.12 bits per heavy atom. The van der Waals surface area contributed by atoms with E-state index in [4.69, 9.17) is 0 Å². The smallest absolute Gasteiger partial charge is 0.0255 e. The van der Waals surface area contributed by atoms with Crippen LogP contribution in [0.5, 0.6) is 0 Å². The molecule has 0 aliphatic heterocycles. The summed E-state index contributed by atoms with van der Waals surface area (Å²) in [5, 5.41) is 3.62. The van der Waals surface area contributed by atoms with E-state index in [2.05, 4.69) is 32.2 Å². The molecule has 0 aromatic carbocycles. The summed E-state index contributed by atoms with van der Waals surface area (Å²) in [6.45, 7) is 7.73. The Morgan fingerprint density at radius 1 is 1.31 bits per heavy atom. The molecule has 92 valence electrons. The molecular formula is C15H27N. The van der Waals surface area contributed by atoms with E-state index in [9.17, 15) is 0 Å². The number of fused-ring (bicyclic) bond motifs is 2. The number of hydrogen-bond donors (Lipinski definition) is 1. The molecular weight excluding hydrogens is 194 g/mol. The molecule has 0 radical (unpaired) electrons. The molecule has 0 aromatic heterocycles. The maximum atomic E-state index is 3.62. The summed E-state index contributed by atoms with van der Waals surface area (Å²) in [5.41, 5.74) is 1.45. The van der Waals surface area contributed by atoms with Crippen molar-refractivity contribution >= 4 is 0 Å². The van der Waals surface area contributed by atoms with Crippen LogP contribution in [0.15, 0.2) is 11.6 Å². The Balaban J connectivity index is 1.88. The molecule has 2 saturated carbocycles. The van der Waals surface area contributed by atoms with Gasteiger partial charge in [-0.25, -0.2) is 0 Å². The summed E-state index contributed by atoms with van der Waals surface area (Å²) in [7, 11) is 0. The van der Waals surface area contributed by atoms with Crippen molar-refractivity contribution in [1.29, 1.82) is 0 Å². The van der Waals surface area contributed by atoms with E-state index in [1.54, 1.807) is 6.42 Å². The molecule has 16 heavy (non-hydrogen) atoms. The van der Waals surface area contributed by atoms with E-state index in [0.717, 1.165) is 24.3 Å². The first kappa shape index (κ1) is 12.2. The van der Waals surface area contributed by atoms with Crippen LogP contribution in [0.3, 0.4) is 0 Å². The van der Waals surface area contributed by atoms with E-state index in [0.29, 0.717) is 6.04 Å². The molecule has 0 aromatic rings. The minimum absolute atomic E-state index is 0.624. The van der Waals surface area contributed by atoms with Gasteiger partial charge in [-0.15, -0.1) is 0 Å². The second-order valence-electron chi connectivity index (χ2n) is 6.08. The molecule has 1 N–H and O–H groups in total. The van der Waals surface area contributed by atoms with E-state index in [1.165, 1.54) is 31.3 Å². The average Bonchev–Trinajstić information content (AvgIpc) is 2.78. The van der Waals surface area contributed by atoms with Gasteiger partial charge < -0.3 is 5.32 Å². The Hall–Kier alpha value is -0.300. The SMILES string of the molecule is CCNC(C=C(C)C)CC1CC2CCC1C2. The van der Waals surface area contributed by atoms with Crippen LogP contribution < -0.4 is 5.32 Å². The predicted molar refractivity (Wildman–Crippen MR) is 70.5 cm³/mol. The maximum absolute atomic E-state index is 3.62. The van der Waals surface area contributed by atoms with Gasteiger partial charge >= 0.3 is 0 Å². The van der Waals surface area contributed by atoms with Gasteiger partial charge in [-0.2, -0.15) is 0 Å². The zero-order valence-electron chi connectivity index (χ0n) is 11.1. The van der Waals surface area contributed by atoms with Gasteiger partial charge in [0.15, 0.2) is 0 Å². The highest BCUT2D eigenvalue weighted by molar-refractivity contribution is 5.03. The lowest BCUT2D eigenvalue weighted by atomic mass is 9.84. The zero-order valence-corrected chi connectivity index (χ0v) is 11.1. The summed E-state index contributed by atoms with van der Waals surface area (Å²) < 4.78 is 0. The largest absolute Gasteiger partial charge is 0.311 e. The molecule has 0 saturated heterocycles. The third kappa shape index (κ3) is 2.88. The van der Waals surface area contributed by atoms with E-state index in [1.807, 2.05) is 0 Å². The third-order valence-electron chi connectivity index (χ3n) is 4.44. The highest BCUT2D eigenvalue weighted by Crippen LogP contribution is 2.49. The van der Waals surface area contributed by atoms with Crippen molar-refractivity contribution in [2.75, 3.05) is 6.54 Å². The summed E-state index contributed by atoms with van der Waals surface area (Å²) in [6.07, 6.45) is 9.90. The first-order chi connectivity index (χ1) is 7.69. The highest BCUT2D eigenvalue weighted by atomic mass is 14.9. The van der Waals surface area contributed by atoms with Gasteiger partial charge in [-0.1, -0.05) is 25.0 Å². The lowest BCUT2D eigenvalue weighted by Gasteiger charge is -2.26. The molecule has 0 amide bonds. The van der Waals surface area contributed by atoms with Gasteiger partial charge in [0, 0.05) is 6.04 Å². The van der Waals surface area contributed by atoms with Gasteiger partial charge in [0.25, 0.3) is 0 Å². The summed E-state index contributed by atoms with van der Waals surface area (Å²) >= 11 is 0. The first-order valence-corrected chi connectivity index (χ1v) is 7.07. The molecule has 0 heterocycles. The van der Waals surface area contributed by atoms with E-state index in [-0.39, 0.29) is 0 Å². The Kier molecular flexibility index (Phi) is 4.07. The van der Waals surface area contributed by atoms with Crippen molar-refractivity contribution in [3.8, 4) is 0 Å². The van der Waals surface area contributed by atoms with Crippen LogP contribution in [0.25, 0.3) is 0 Å². The monoisotopic (exact) mass is 221 g/mol. The lowest BCUT2D eigenvalue weighted by molar-refractivity contribution is 0.294. The van der Waals surface area contributed by atoms with Crippen molar-refractivity contribution in [2.45, 2.75) is 58.9 Å². The molecule has 2 aliphatic rings. The fraction of sp³-hybridized carbons (Fsp3) is 0.867. The molecule has 0 spiro atoms. The van der Waals surface area contributed by atoms with Crippen LogP contribution in [0, 0.1) is 17.8 Å². The molecule has 1 heteroatoms. The highest BCUT2D eigenvalue weighted by Gasteiger charge is 2.39.